The van der Waals surface area contributed by atoms with Gasteiger partial charge in [0.1, 0.15) is 0 Å². The van der Waals surface area contributed by atoms with E-state index in [-0.39, 0.29) is 5.88 Å². The molecule has 14 heavy (non-hydrogen) atoms. The van der Waals surface area contributed by atoms with Crippen molar-refractivity contribution >= 4 is 23.5 Å². The van der Waals surface area contributed by atoms with Crippen molar-refractivity contribution in [3.63, 3.8) is 0 Å². The zero-order chi connectivity index (χ0) is 10.1. The summed E-state index contributed by atoms with van der Waals surface area (Å²) < 4.78 is 0. The molecule has 0 saturated carbocycles. The van der Waals surface area contributed by atoms with Gasteiger partial charge in [-0.1, -0.05) is 18.2 Å². The van der Waals surface area contributed by atoms with Crippen LogP contribution < -0.4 is 5.46 Å². The standard InChI is InChI=1S/C9H8BNO3/c12-8-5-4-6-2-1-3-7(10(13)14)9(6)11-8/h1-5,13-14H,(H,11,12). The minimum Gasteiger partial charge on any atom is -0.493 e. The highest BCUT2D eigenvalue weighted by molar-refractivity contribution is 6.61. The Morgan fingerprint density at radius 1 is 1.07 bits per heavy atom. The van der Waals surface area contributed by atoms with Crippen molar-refractivity contribution in [3.05, 3.63) is 30.3 Å². The van der Waals surface area contributed by atoms with E-state index in [2.05, 4.69) is 4.98 Å². The number of nitrogens with zero attached hydrogens (tertiary/aromatic N) is 1. The smallest absolute Gasteiger partial charge is 0.490 e. The number of fused-ring (bicyclic) bond motifs is 1. The van der Waals surface area contributed by atoms with Gasteiger partial charge in [-0.2, -0.15) is 0 Å². The fourth-order valence-electron chi connectivity index (χ4n) is 1.37. The maximum absolute atomic E-state index is 9.16. The molecule has 1 heterocycles. The lowest BCUT2D eigenvalue weighted by Crippen LogP contribution is -2.30. The van der Waals surface area contributed by atoms with Gasteiger partial charge in [0.15, 0.2) is 0 Å². The highest BCUT2D eigenvalue weighted by atomic mass is 16.4. The Hall–Kier alpha value is -1.59. The summed E-state index contributed by atoms with van der Waals surface area (Å²) in [7, 11) is -1.58. The number of hydrogen-bond acceptors (Lipinski definition) is 4. The first kappa shape index (κ1) is 8.99. The van der Waals surface area contributed by atoms with Crippen LogP contribution in [0.2, 0.25) is 0 Å². The fourth-order valence-corrected chi connectivity index (χ4v) is 1.37. The molecule has 0 spiro atoms. The third-order valence-corrected chi connectivity index (χ3v) is 2.01. The minimum absolute atomic E-state index is 0.134. The van der Waals surface area contributed by atoms with Gasteiger partial charge in [-0.05, 0) is 6.07 Å². The predicted octanol–water partition coefficient (Wildman–Crippen LogP) is -0.380. The van der Waals surface area contributed by atoms with Crippen LogP contribution in [0.4, 0.5) is 0 Å². The summed E-state index contributed by atoms with van der Waals surface area (Å²) in [5.41, 5.74) is 0.695. The van der Waals surface area contributed by atoms with Crippen LogP contribution in [-0.2, 0) is 0 Å². The third kappa shape index (κ3) is 1.43. The van der Waals surface area contributed by atoms with E-state index in [0.717, 1.165) is 5.39 Å². The average molecular weight is 189 g/mol. The summed E-state index contributed by atoms with van der Waals surface area (Å²) in [6.07, 6.45) is 0. The molecule has 0 aliphatic carbocycles. The molecule has 1 aromatic carbocycles. The van der Waals surface area contributed by atoms with Gasteiger partial charge in [0.05, 0.1) is 5.52 Å². The molecule has 0 saturated heterocycles. The van der Waals surface area contributed by atoms with Gasteiger partial charge in [0, 0.05) is 16.9 Å². The zero-order valence-corrected chi connectivity index (χ0v) is 7.25. The van der Waals surface area contributed by atoms with Gasteiger partial charge >= 0.3 is 7.12 Å². The Labute approximate surface area is 80.6 Å². The quantitative estimate of drug-likeness (QED) is 0.534. The monoisotopic (exact) mass is 189 g/mol. The molecule has 0 radical (unpaired) electrons. The molecule has 0 aliphatic rings. The van der Waals surface area contributed by atoms with Gasteiger partial charge in [0.25, 0.3) is 0 Å². The lowest BCUT2D eigenvalue weighted by Gasteiger charge is -2.04. The van der Waals surface area contributed by atoms with Crippen molar-refractivity contribution in [1.82, 2.24) is 4.98 Å². The van der Waals surface area contributed by atoms with Gasteiger partial charge < -0.3 is 15.2 Å². The second kappa shape index (κ2) is 3.28. The maximum Gasteiger partial charge on any atom is 0.490 e. The second-order valence-corrected chi connectivity index (χ2v) is 2.96. The van der Waals surface area contributed by atoms with E-state index in [0.29, 0.717) is 11.0 Å². The van der Waals surface area contributed by atoms with Gasteiger partial charge in [-0.3, -0.25) is 0 Å². The molecule has 3 N–H and O–H groups in total. The SMILES string of the molecule is OB(O)c1cccc2ccc(O)nc12. The van der Waals surface area contributed by atoms with Gasteiger partial charge in [-0.15, -0.1) is 0 Å². The fraction of sp³-hybridized carbons (Fsp3) is 0. The van der Waals surface area contributed by atoms with Crippen LogP contribution in [0.25, 0.3) is 10.9 Å². The van der Waals surface area contributed by atoms with E-state index >= 15 is 0 Å². The zero-order valence-electron chi connectivity index (χ0n) is 7.25. The van der Waals surface area contributed by atoms with Crippen molar-refractivity contribution in [3.8, 4) is 5.88 Å². The van der Waals surface area contributed by atoms with E-state index in [4.69, 9.17) is 15.2 Å². The molecule has 1 aromatic heterocycles. The molecule has 0 amide bonds. The summed E-state index contributed by atoms with van der Waals surface area (Å²) in [5.74, 6) is -0.134. The number of rotatable bonds is 1. The normalized spacial score (nSPS) is 10.4. The summed E-state index contributed by atoms with van der Waals surface area (Å²) in [4.78, 5) is 3.83. The summed E-state index contributed by atoms with van der Waals surface area (Å²) in [6, 6.07) is 8.17. The van der Waals surface area contributed by atoms with Gasteiger partial charge in [-0.25, -0.2) is 4.98 Å². The molecule has 0 fully saturated rings. The first-order chi connectivity index (χ1) is 6.68. The molecular formula is C9H8BNO3. The van der Waals surface area contributed by atoms with Crippen LogP contribution >= 0.6 is 0 Å². The molecular weight excluding hydrogens is 181 g/mol. The first-order valence-electron chi connectivity index (χ1n) is 4.13. The van der Waals surface area contributed by atoms with Crippen LogP contribution in [-0.4, -0.2) is 27.3 Å². The highest BCUT2D eigenvalue weighted by Crippen LogP contribution is 2.13. The Morgan fingerprint density at radius 2 is 1.86 bits per heavy atom. The van der Waals surface area contributed by atoms with E-state index in [1.165, 1.54) is 6.07 Å². The van der Waals surface area contributed by atoms with Crippen LogP contribution in [0, 0.1) is 0 Å². The molecule has 0 bridgehead atoms. The van der Waals surface area contributed by atoms with Crippen molar-refractivity contribution in [2.75, 3.05) is 0 Å². The Kier molecular flexibility index (Phi) is 2.11. The minimum atomic E-state index is -1.58. The van der Waals surface area contributed by atoms with Crippen LogP contribution in [0.15, 0.2) is 30.3 Å². The Bertz CT molecular complexity index is 473. The Morgan fingerprint density at radius 3 is 2.57 bits per heavy atom. The van der Waals surface area contributed by atoms with Gasteiger partial charge in [0.2, 0.25) is 5.88 Å². The van der Waals surface area contributed by atoms with E-state index in [1.54, 1.807) is 24.3 Å². The molecule has 5 heteroatoms. The van der Waals surface area contributed by atoms with E-state index in [1.807, 2.05) is 0 Å². The first-order valence-corrected chi connectivity index (χ1v) is 4.13. The summed E-state index contributed by atoms with van der Waals surface area (Å²) in [5, 5.41) is 28.0. The largest absolute Gasteiger partial charge is 0.493 e. The van der Waals surface area contributed by atoms with Crippen LogP contribution in [0.1, 0.15) is 0 Å². The number of hydrogen-bond donors (Lipinski definition) is 3. The molecule has 4 nitrogen and oxygen atoms in total. The maximum atomic E-state index is 9.16. The van der Waals surface area contributed by atoms with Crippen molar-refractivity contribution in [2.24, 2.45) is 0 Å². The molecule has 2 aromatic rings. The third-order valence-electron chi connectivity index (χ3n) is 2.01. The average Bonchev–Trinajstić information content (AvgIpc) is 2.16. The number of para-hydroxylation sites is 1. The summed E-state index contributed by atoms with van der Waals surface area (Å²) >= 11 is 0. The highest BCUT2D eigenvalue weighted by Gasteiger charge is 2.15. The van der Waals surface area contributed by atoms with E-state index in [9.17, 15) is 0 Å². The topological polar surface area (TPSA) is 73.6 Å². The number of pyridine rings is 1. The Balaban J connectivity index is 2.77. The molecule has 70 valence electrons. The van der Waals surface area contributed by atoms with Crippen molar-refractivity contribution in [2.45, 2.75) is 0 Å². The number of aromatic hydroxyl groups is 1. The summed E-state index contributed by atoms with van der Waals surface area (Å²) in [6.45, 7) is 0. The molecule has 0 unspecified atom stereocenters. The van der Waals surface area contributed by atoms with E-state index < -0.39 is 7.12 Å². The second-order valence-electron chi connectivity index (χ2n) is 2.96. The van der Waals surface area contributed by atoms with Crippen molar-refractivity contribution < 1.29 is 15.2 Å². The molecule has 0 atom stereocenters. The lowest BCUT2D eigenvalue weighted by atomic mass is 9.79. The molecule has 2 rings (SSSR count). The lowest BCUT2D eigenvalue weighted by molar-refractivity contribution is 0.426. The van der Waals surface area contributed by atoms with Crippen LogP contribution in [0.3, 0.4) is 0 Å². The number of aromatic nitrogens is 1. The number of benzene rings is 1. The van der Waals surface area contributed by atoms with Crippen LogP contribution in [0.5, 0.6) is 5.88 Å². The van der Waals surface area contributed by atoms with Crippen molar-refractivity contribution in [1.29, 1.82) is 0 Å². The molecule has 0 aliphatic heterocycles. The predicted molar refractivity (Wildman–Crippen MR) is 53.2 cm³/mol.